The number of sulfonamides is 1. The molecule has 0 aliphatic heterocycles. The molecule has 1 heterocycles. The number of allylic oxidation sites excluding steroid dienone is 2. The average Bonchev–Trinajstić information content (AvgIpc) is 3.18. The van der Waals surface area contributed by atoms with Gasteiger partial charge in [0.15, 0.2) is 4.91 Å². The number of primary sulfonamides is 1. The lowest BCUT2D eigenvalue weighted by Gasteiger charge is -2.21. The lowest BCUT2D eigenvalue weighted by molar-refractivity contribution is 0.605. The molecule has 0 bridgehead atoms. The molecular weight excluding hydrogens is 402 g/mol. The zero-order valence-corrected chi connectivity index (χ0v) is 18.3. The van der Waals surface area contributed by atoms with Gasteiger partial charge >= 0.3 is 0 Å². The highest BCUT2D eigenvalue weighted by Crippen LogP contribution is 2.35. The standard InChI is InChI=1S/C22H23N3O2S2/c1-4-25(5-2)19-9-8-16-12-18(7-6-17(16)13-19)21-11-10-20(28-21)15(3)22(14-23)29(24,26)27/h6-13H,4-5H2,1-3H3,(H2,24,26,27)/b22-15+. The summed E-state index contributed by atoms with van der Waals surface area (Å²) in [5.41, 5.74) is 2.63. The van der Waals surface area contributed by atoms with Crippen LogP contribution in [0.3, 0.4) is 0 Å². The molecule has 2 aromatic carbocycles. The fourth-order valence-electron chi connectivity index (χ4n) is 3.34. The summed E-state index contributed by atoms with van der Waals surface area (Å²) < 4.78 is 23.2. The van der Waals surface area contributed by atoms with Crippen LogP contribution in [0.4, 0.5) is 5.69 Å². The summed E-state index contributed by atoms with van der Waals surface area (Å²) >= 11 is 1.44. The highest BCUT2D eigenvalue weighted by Gasteiger charge is 2.18. The van der Waals surface area contributed by atoms with Crippen molar-refractivity contribution in [2.75, 3.05) is 18.0 Å². The van der Waals surface area contributed by atoms with Crippen molar-refractivity contribution in [1.29, 1.82) is 5.26 Å². The first-order chi connectivity index (χ1) is 13.8. The maximum atomic E-state index is 11.6. The van der Waals surface area contributed by atoms with E-state index in [-0.39, 0.29) is 0 Å². The van der Waals surface area contributed by atoms with Gasteiger partial charge in [0.1, 0.15) is 6.07 Å². The summed E-state index contributed by atoms with van der Waals surface area (Å²) in [5, 5.41) is 16.6. The molecule has 0 atom stereocenters. The predicted octanol–water partition coefficient (Wildman–Crippen LogP) is 4.96. The minimum absolute atomic E-state index is 0.371. The van der Waals surface area contributed by atoms with Crippen LogP contribution >= 0.6 is 11.3 Å². The summed E-state index contributed by atoms with van der Waals surface area (Å²) in [6, 6.07) is 18.2. The van der Waals surface area contributed by atoms with Gasteiger partial charge in [0, 0.05) is 28.5 Å². The molecule has 0 aliphatic rings. The van der Waals surface area contributed by atoms with E-state index < -0.39 is 14.9 Å². The molecule has 0 saturated heterocycles. The maximum absolute atomic E-state index is 11.6. The quantitative estimate of drug-likeness (QED) is 0.566. The largest absolute Gasteiger partial charge is 0.372 e. The molecule has 5 nitrogen and oxygen atoms in total. The molecule has 0 amide bonds. The third-order valence-corrected chi connectivity index (χ3v) is 7.16. The second kappa shape index (κ2) is 8.37. The second-order valence-corrected chi connectivity index (χ2v) is 9.28. The molecule has 3 rings (SSSR count). The van der Waals surface area contributed by atoms with Gasteiger partial charge in [0.05, 0.1) is 0 Å². The van der Waals surface area contributed by atoms with Gasteiger partial charge in [-0.05, 0) is 73.0 Å². The van der Waals surface area contributed by atoms with E-state index in [1.165, 1.54) is 22.4 Å². The number of hydrogen-bond acceptors (Lipinski definition) is 5. The van der Waals surface area contributed by atoms with Crippen molar-refractivity contribution in [3.05, 3.63) is 58.3 Å². The molecule has 2 N–H and O–H groups in total. The molecule has 7 heteroatoms. The van der Waals surface area contributed by atoms with E-state index in [0.29, 0.717) is 10.5 Å². The van der Waals surface area contributed by atoms with Crippen molar-refractivity contribution in [3.8, 4) is 16.5 Å². The van der Waals surface area contributed by atoms with Crippen LogP contribution < -0.4 is 10.0 Å². The van der Waals surface area contributed by atoms with E-state index in [1.807, 2.05) is 12.1 Å². The average molecular weight is 426 g/mol. The van der Waals surface area contributed by atoms with Crippen molar-refractivity contribution in [1.82, 2.24) is 0 Å². The molecular formula is C22H23N3O2S2. The molecule has 0 spiro atoms. The van der Waals surface area contributed by atoms with Crippen molar-refractivity contribution in [2.45, 2.75) is 20.8 Å². The van der Waals surface area contributed by atoms with Crippen molar-refractivity contribution in [2.24, 2.45) is 5.14 Å². The zero-order valence-electron chi connectivity index (χ0n) is 16.6. The van der Waals surface area contributed by atoms with E-state index in [2.05, 4.69) is 55.1 Å². The normalized spacial score (nSPS) is 12.5. The zero-order chi connectivity index (χ0) is 21.2. The second-order valence-electron chi connectivity index (χ2n) is 6.69. The monoisotopic (exact) mass is 425 g/mol. The molecule has 3 aromatic rings. The Hall–Kier alpha value is -2.66. The van der Waals surface area contributed by atoms with E-state index in [1.54, 1.807) is 13.0 Å². The summed E-state index contributed by atoms with van der Waals surface area (Å²) in [4.78, 5) is 3.63. The van der Waals surface area contributed by atoms with E-state index in [0.717, 1.165) is 28.9 Å². The summed E-state index contributed by atoms with van der Waals surface area (Å²) in [5.74, 6) is 0. The molecule has 1 aromatic heterocycles. The highest BCUT2D eigenvalue weighted by molar-refractivity contribution is 7.93. The van der Waals surface area contributed by atoms with Crippen LogP contribution in [0.25, 0.3) is 26.8 Å². The molecule has 0 radical (unpaired) electrons. The van der Waals surface area contributed by atoms with Gasteiger partial charge in [-0.15, -0.1) is 11.3 Å². The lowest BCUT2D eigenvalue weighted by Crippen LogP contribution is -2.21. The van der Waals surface area contributed by atoms with Gasteiger partial charge in [-0.2, -0.15) is 5.26 Å². The van der Waals surface area contributed by atoms with Crippen molar-refractivity contribution < 1.29 is 8.42 Å². The van der Waals surface area contributed by atoms with Crippen molar-refractivity contribution in [3.63, 3.8) is 0 Å². The van der Waals surface area contributed by atoms with Crippen molar-refractivity contribution >= 4 is 43.4 Å². The molecule has 29 heavy (non-hydrogen) atoms. The Bertz CT molecular complexity index is 1230. The van der Waals surface area contributed by atoms with E-state index in [4.69, 9.17) is 10.4 Å². The maximum Gasteiger partial charge on any atom is 0.248 e. The number of anilines is 1. The topological polar surface area (TPSA) is 87.2 Å². The van der Waals surface area contributed by atoms with Crippen LogP contribution in [0.5, 0.6) is 0 Å². The summed E-state index contributed by atoms with van der Waals surface area (Å²) in [7, 11) is -4.04. The SMILES string of the molecule is CCN(CC)c1ccc2cc(-c3ccc(/C(C)=C(\C#N)S(N)(=O)=O)s3)ccc2c1. The fourth-order valence-corrected chi connectivity index (χ4v) is 5.08. The number of nitriles is 1. The molecule has 0 aliphatic carbocycles. The number of rotatable bonds is 6. The third kappa shape index (κ3) is 4.35. The first-order valence-electron chi connectivity index (χ1n) is 9.31. The lowest BCUT2D eigenvalue weighted by atomic mass is 10.0. The van der Waals surface area contributed by atoms with Crippen LogP contribution in [-0.4, -0.2) is 21.5 Å². The third-order valence-electron chi connectivity index (χ3n) is 4.94. The highest BCUT2D eigenvalue weighted by atomic mass is 32.2. The summed E-state index contributed by atoms with van der Waals surface area (Å²) in [6.45, 7) is 7.83. The number of benzene rings is 2. The Morgan fingerprint density at radius 2 is 1.72 bits per heavy atom. The Morgan fingerprint density at radius 3 is 2.34 bits per heavy atom. The number of nitrogens with zero attached hydrogens (tertiary/aromatic N) is 2. The molecule has 0 fully saturated rings. The van der Waals surface area contributed by atoms with Crippen LogP contribution in [0.2, 0.25) is 0 Å². The van der Waals surface area contributed by atoms with Crippen LogP contribution in [-0.2, 0) is 10.0 Å². The van der Waals surface area contributed by atoms with E-state index >= 15 is 0 Å². The van der Waals surface area contributed by atoms with Crippen LogP contribution in [0.15, 0.2) is 53.4 Å². The minimum Gasteiger partial charge on any atom is -0.372 e. The van der Waals surface area contributed by atoms with E-state index in [9.17, 15) is 8.42 Å². The first-order valence-corrected chi connectivity index (χ1v) is 11.7. The molecule has 0 unspecified atom stereocenters. The summed E-state index contributed by atoms with van der Waals surface area (Å²) in [6.07, 6.45) is 0. The first kappa shape index (κ1) is 21.1. The number of hydrogen-bond donors (Lipinski definition) is 1. The Balaban J connectivity index is 1.99. The van der Waals surface area contributed by atoms with Gasteiger partial charge in [-0.1, -0.05) is 18.2 Å². The Morgan fingerprint density at radius 1 is 1.07 bits per heavy atom. The van der Waals surface area contributed by atoms with Crippen LogP contribution in [0, 0.1) is 11.3 Å². The van der Waals surface area contributed by atoms with Gasteiger partial charge in [-0.25, -0.2) is 13.6 Å². The smallest absolute Gasteiger partial charge is 0.248 e. The van der Waals surface area contributed by atoms with Crippen LogP contribution in [0.1, 0.15) is 25.6 Å². The van der Waals surface area contributed by atoms with Gasteiger partial charge in [0.25, 0.3) is 0 Å². The Kier molecular flexibility index (Phi) is 6.08. The molecule has 150 valence electrons. The minimum atomic E-state index is -4.04. The number of fused-ring (bicyclic) bond motifs is 1. The van der Waals surface area contributed by atoms with Gasteiger partial charge < -0.3 is 4.90 Å². The number of thiophene rings is 1. The van der Waals surface area contributed by atoms with Gasteiger partial charge in [-0.3, -0.25) is 0 Å². The predicted molar refractivity (Wildman–Crippen MR) is 122 cm³/mol. The number of nitrogens with two attached hydrogens (primary N) is 1. The fraction of sp³-hybridized carbons (Fsp3) is 0.227. The molecule has 0 saturated carbocycles. The van der Waals surface area contributed by atoms with Gasteiger partial charge in [0.2, 0.25) is 10.0 Å². The Labute approximate surface area is 175 Å².